The third kappa shape index (κ3) is 4.15. The molecular formula is C19H20FN3O2. The fourth-order valence-corrected chi connectivity index (χ4v) is 2.68. The van der Waals surface area contributed by atoms with Crippen LogP contribution in [0.4, 0.5) is 4.39 Å². The van der Waals surface area contributed by atoms with Gasteiger partial charge in [0.2, 0.25) is 0 Å². The summed E-state index contributed by atoms with van der Waals surface area (Å²) in [5.74, 6) is 0.255. The van der Waals surface area contributed by atoms with Crippen LogP contribution < -0.4 is 10.1 Å². The Bertz CT molecular complexity index is 885. The average Bonchev–Trinajstić information content (AvgIpc) is 2.96. The highest BCUT2D eigenvalue weighted by Crippen LogP contribution is 2.21. The summed E-state index contributed by atoms with van der Waals surface area (Å²) < 4.78 is 20.4. The van der Waals surface area contributed by atoms with E-state index in [2.05, 4.69) is 10.3 Å². The molecule has 0 bridgehead atoms. The van der Waals surface area contributed by atoms with E-state index in [0.717, 1.165) is 22.6 Å². The van der Waals surface area contributed by atoms with Gasteiger partial charge in [-0.2, -0.15) is 0 Å². The molecule has 3 aromatic rings. The van der Waals surface area contributed by atoms with Crippen LogP contribution in [-0.2, 0) is 11.2 Å². The van der Waals surface area contributed by atoms with Crippen molar-refractivity contribution in [2.24, 2.45) is 0 Å². The van der Waals surface area contributed by atoms with Crippen molar-refractivity contribution in [1.82, 2.24) is 14.7 Å². The number of nitrogens with zero attached hydrogens (tertiary/aromatic N) is 2. The molecule has 0 saturated heterocycles. The van der Waals surface area contributed by atoms with Crippen LogP contribution >= 0.6 is 0 Å². The molecule has 0 aliphatic carbocycles. The van der Waals surface area contributed by atoms with E-state index in [9.17, 15) is 9.18 Å². The van der Waals surface area contributed by atoms with Gasteiger partial charge in [-0.25, -0.2) is 9.37 Å². The number of hydrogen-bond acceptors (Lipinski definition) is 3. The number of amides is 1. The van der Waals surface area contributed by atoms with Gasteiger partial charge in [0.05, 0.1) is 5.69 Å². The first kappa shape index (κ1) is 17.0. The van der Waals surface area contributed by atoms with Crippen LogP contribution in [0.5, 0.6) is 5.75 Å². The fraction of sp³-hybridized carbons (Fsp3) is 0.263. The van der Waals surface area contributed by atoms with Gasteiger partial charge in [-0.15, -0.1) is 0 Å². The van der Waals surface area contributed by atoms with E-state index in [0.29, 0.717) is 18.6 Å². The Balaban J connectivity index is 1.49. The van der Waals surface area contributed by atoms with Crippen LogP contribution in [0.2, 0.25) is 0 Å². The second-order valence-electron chi connectivity index (χ2n) is 5.95. The van der Waals surface area contributed by atoms with Crippen molar-refractivity contribution in [3.8, 4) is 5.75 Å². The van der Waals surface area contributed by atoms with E-state index in [4.69, 9.17) is 4.74 Å². The van der Waals surface area contributed by atoms with Crippen molar-refractivity contribution in [2.75, 3.05) is 13.2 Å². The second kappa shape index (κ2) is 7.34. The number of aryl methyl sites for hydroxylation is 2. The maximum atomic E-state index is 13.2. The van der Waals surface area contributed by atoms with Crippen LogP contribution in [0.1, 0.15) is 16.8 Å². The predicted molar refractivity (Wildman–Crippen MR) is 93.3 cm³/mol. The van der Waals surface area contributed by atoms with Gasteiger partial charge in [0.1, 0.15) is 17.2 Å². The van der Waals surface area contributed by atoms with Crippen molar-refractivity contribution in [3.05, 3.63) is 65.4 Å². The normalized spacial score (nSPS) is 10.8. The van der Waals surface area contributed by atoms with Crippen molar-refractivity contribution >= 4 is 11.6 Å². The van der Waals surface area contributed by atoms with Gasteiger partial charge in [0.15, 0.2) is 6.61 Å². The van der Waals surface area contributed by atoms with E-state index < -0.39 is 0 Å². The number of carbonyl (C=O) groups excluding carboxylic acids is 1. The Kier molecular flexibility index (Phi) is 4.97. The topological polar surface area (TPSA) is 55.6 Å². The molecule has 2 aromatic heterocycles. The second-order valence-corrected chi connectivity index (χ2v) is 5.95. The number of carbonyl (C=O) groups is 1. The standard InChI is InChI=1S/C19H20FN3O2/c1-13-4-3-5-14(2)19(13)25-12-18(24)21-9-8-16-11-23-10-15(20)6-7-17(23)22-16/h3-7,10-11H,8-9,12H2,1-2H3,(H,21,24). The first-order valence-electron chi connectivity index (χ1n) is 8.12. The zero-order valence-electron chi connectivity index (χ0n) is 14.3. The maximum Gasteiger partial charge on any atom is 0.257 e. The first-order valence-corrected chi connectivity index (χ1v) is 8.12. The highest BCUT2D eigenvalue weighted by atomic mass is 19.1. The van der Waals surface area contributed by atoms with Crippen molar-refractivity contribution in [3.63, 3.8) is 0 Å². The maximum absolute atomic E-state index is 13.2. The van der Waals surface area contributed by atoms with Gasteiger partial charge in [-0.05, 0) is 37.1 Å². The third-order valence-corrected chi connectivity index (χ3v) is 3.92. The van der Waals surface area contributed by atoms with Crippen molar-refractivity contribution in [2.45, 2.75) is 20.3 Å². The van der Waals surface area contributed by atoms with E-state index in [1.807, 2.05) is 32.0 Å². The number of hydrogen-bond donors (Lipinski definition) is 1. The molecule has 0 radical (unpaired) electrons. The minimum atomic E-state index is -0.312. The van der Waals surface area contributed by atoms with E-state index in [-0.39, 0.29) is 18.3 Å². The smallest absolute Gasteiger partial charge is 0.257 e. The number of para-hydroxylation sites is 1. The Morgan fingerprint density at radius 3 is 2.72 bits per heavy atom. The van der Waals surface area contributed by atoms with Gasteiger partial charge < -0.3 is 14.5 Å². The van der Waals surface area contributed by atoms with Gasteiger partial charge in [0, 0.05) is 25.4 Å². The van der Waals surface area contributed by atoms with Gasteiger partial charge in [0.25, 0.3) is 5.91 Å². The molecular weight excluding hydrogens is 321 g/mol. The molecule has 0 atom stereocenters. The number of nitrogens with one attached hydrogen (secondary N) is 1. The van der Waals surface area contributed by atoms with Crippen LogP contribution in [0.25, 0.3) is 5.65 Å². The minimum Gasteiger partial charge on any atom is -0.483 e. The van der Waals surface area contributed by atoms with Crippen molar-refractivity contribution < 1.29 is 13.9 Å². The number of rotatable bonds is 6. The lowest BCUT2D eigenvalue weighted by Gasteiger charge is -2.11. The van der Waals surface area contributed by atoms with Crippen LogP contribution in [0.15, 0.2) is 42.7 Å². The van der Waals surface area contributed by atoms with E-state index in [1.54, 1.807) is 16.7 Å². The minimum absolute atomic E-state index is 0.0257. The SMILES string of the molecule is Cc1cccc(C)c1OCC(=O)NCCc1cn2cc(F)ccc2n1. The molecule has 6 heteroatoms. The highest BCUT2D eigenvalue weighted by Gasteiger charge is 2.08. The number of fused-ring (bicyclic) bond motifs is 1. The summed E-state index contributed by atoms with van der Waals surface area (Å²) in [7, 11) is 0. The highest BCUT2D eigenvalue weighted by molar-refractivity contribution is 5.77. The number of benzene rings is 1. The zero-order valence-corrected chi connectivity index (χ0v) is 14.3. The Morgan fingerprint density at radius 1 is 1.20 bits per heavy atom. The molecule has 130 valence electrons. The number of pyridine rings is 1. The first-order chi connectivity index (χ1) is 12.0. The molecule has 5 nitrogen and oxygen atoms in total. The van der Waals surface area contributed by atoms with Crippen LogP contribution in [-0.4, -0.2) is 28.4 Å². The van der Waals surface area contributed by atoms with Crippen LogP contribution in [0.3, 0.4) is 0 Å². The monoisotopic (exact) mass is 341 g/mol. The molecule has 0 aliphatic heterocycles. The molecule has 0 fully saturated rings. The third-order valence-electron chi connectivity index (χ3n) is 3.92. The lowest BCUT2D eigenvalue weighted by molar-refractivity contribution is -0.123. The van der Waals surface area contributed by atoms with Crippen LogP contribution in [0, 0.1) is 19.7 Å². The van der Waals surface area contributed by atoms with Crippen molar-refractivity contribution in [1.29, 1.82) is 0 Å². The molecule has 3 rings (SSSR count). The number of imidazole rings is 1. The predicted octanol–water partition coefficient (Wildman–Crippen LogP) is 2.83. The summed E-state index contributed by atoms with van der Waals surface area (Å²) in [5, 5.41) is 2.81. The molecule has 2 heterocycles. The molecule has 1 amide bonds. The largest absolute Gasteiger partial charge is 0.483 e. The molecule has 1 aromatic carbocycles. The Morgan fingerprint density at radius 2 is 1.96 bits per heavy atom. The Hall–Kier alpha value is -2.89. The molecule has 25 heavy (non-hydrogen) atoms. The average molecular weight is 341 g/mol. The fourth-order valence-electron chi connectivity index (χ4n) is 2.68. The molecule has 0 aliphatic rings. The lowest BCUT2D eigenvalue weighted by Crippen LogP contribution is -2.30. The summed E-state index contributed by atoms with van der Waals surface area (Å²) in [5.41, 5.74) is 3.48. The number of ether oxygens (including phenoxy) is 1. The quantitative estimate of drug-likeness (QED) is 0.750. The number of aromatic nitrogens is 2. The van der Waals surface area contributed by atoms with Gasteiger partial charge in [-0.3, -0.25) is 4.79 Å². The summed E-state index contributed by atoms with van der Waals surface area (Å²) >= 11 is 0. The summed E-state index contributed by atoms with van der Waals surface area (Å²) in [6, 6.07) is 8.85. The van der Waals surface area contributed by atoms with E-state index >= 15 is 0 Å². The molecule has 0 spiro atoms. The molecule has 0 saturated carbocycles. The molecule has 1 N–H and O–H groups in total. The Labute approximate surface area is 145 Å². The summed E-state index contributed by atoms with van der Waals surface area (Å²) in [6.45, 7) is 4.32. The van der Waals surface area contributed by atoms with Gasteiger partial charge >= 0.3 is 0 Å². The van der Waals surface area contributed by atoms with E-state index in [1.165, 1.54) is 12.3 Å². The number of halogens is 1. The summed E-state index contributed by atoms with van der Waals surface area (Å²) in [4.78, 5) is 16.3. The molecule has 0 unspecified atom stereocenters. The lowest BCUT2D eigenvalue weighted by atomic mass is 10.1. The summed E-state index contributed by atoms with van der Waals surface area (Å²) in [6.07, 6.45) is 3.71. The van der Waals surface area contributed by atoms with Gasteiger partial charge in [-0.1, -0.05) is 18.2 Å². The zero-order chi connectivity index (χ0) is 17.8.